The number of ether oxygens (including phenoxy) is 6. The second kappa shape index (κ2) is 27.9. The topological polar surface area (TPSA) is 274 Å². The highest BCUT2D eigenvalue weighted by molar-refractivity contribution is 6.32. The molecule has 0 saturated carbocycles. The first-order valence-corrected chi connectivity index (χ1v) is 20.4. The third kappa shape index (κ3) is 15.4. The number of methoxy groups -OCH3 is 2. The lowest BCUT2D eigenvalue weighted by molar-refractivity contribution is -0.140. The van der Waals surface area contributed by atoms with Crippen LogP contribution in [-0.4, -0.2) is 113 Å². The van der Waals surface area contributed by atoms with Gasteiger partial charge >= 0.3 is 35.8 Å². The monoisotopic (exact) mass is 932 g/mol. The van der Waals surface area contributed by atoms with E-state index in [4.69, 9.17) is 73.3 Å². The Morgan fingerprint density at radius 3 is 1.23 bits per heavy atom. The Bertz CT molecular complexity index is 2020. The number of carboxylic acids is 2. The van der Waals surface area contributed by atoms with Crippen LogP contribution in [-0.2, 0) is 57.2 Å². The quantitative estimate of drug-likeness (QED) is 0.0528. The Morgan fingerprint density at radius 2 is 0.953 bits per heavy atom. The average Bonchev–Trinajstić information content (AvgIpc) is 3.26. The van der Waals surface area contributed by atoms with Gasteiger partial charge < -0.3 is 60.7 Å². The number of rotatable bonds is 18. The fourth-order valence-corrected chi connectivity index (χ4v) is 6.87. The molecule has 0 saturated heterocycles. The second-order valence-corrected chi connectivity index (χ2v) is 14.0. The molecule has 0 spiro atoms. The molecular formula is C44H54Cl2N4O14. The lowest BCUT2D eigenvalue weighted by atomic mass is 9.80. The number of allylic oxidation sites excluding steroid dienone is 2. The number of hydrogen-bond acceptors (Lipinski definition) is 16. The molecule has 2 aliphatic heterocycles. The van der Waals surface area contributed by atoms with Gasteiger partial charge in [0.05, 0.1) is 99.4 Å². The molecule has 2 aromatic carbocycles. The van der Waals surface area contributed by atoms with E-state index in [2.05, 4.69) is 10.6 Å². The lowest BCUT2D eigenvalue weighted by Gasteiger charge is -2.31. The molecule has 2 aliphatic rings. The standard InChI is InChI=1S/2C20H25ClN2O5.C4H4O4/c2*1-4-28-20(25)18-15(11-27-10-9-22)23-12(2)16(19(24)26-3)17(18)13-7-5-6-8-14(13)21;5-3(6)1-2-4(7)8/h2*5-8,17,23H,4,9-11,22H2,1-3H3;1-2H,(H,5,6)(H,7,8)/b;;2-1+. The van der Waals surface area contributed by atoms with E-state index < -0.39 is 47.7 Å². The van der Waals surface area contributed by atoms with Crippen molar-refractivity contribution in [3.63, 3.8) is 0 Å². The molecular weight excluding hydrogens is 879 g/mol. The molecule has 4 rings (SSSR count). The number of esters is 4. The number of nitrogens with two attached hydrogens (primary N) is 2. The van der Waals surface area contributed by atoms with Crippen molar-refractivity contribution in [2.45, 2.75) is 39.5 Å². The minimum Gasteiger partial charge on any atom is -0.478 e. The Labute approximate surface area is 380 Å². The lowest BCUT2D eigenvalue weighted by Crippen LogP contribution is -2.35. The number of carbonyl (C=O) groups is 6. The highest BCUT2D eigenvalue weighted by Crippen LogP contribution is 2.43. The molecule has 8 N–H and O–H groups in total. The summed E-state index contributed by atoms with van der Waals surface area (Å²) in [6.45, 7) is 8.83. The van der Waals surface area contributed by atoms with Gasteiger partial charge in [0, 0.05) is 46.7 Å². The van der Waals surface area contributed by atoms with Crippen molar-refractivity contribution in [1.82, 2.24) is 10.6 Å². The maximum absolute atomic E-state index is 12.9. The maximum atomic E-state index is 12.9. The smallest absolute Gasteiger partial charge is 0.336 e. The van der Waals surface area contributed by atoms with E-state index in [1.54, 1.807) is 76.2 Å². The maximum Gasteiger partial charge on any atom is 0.336 e. The summed E-state index contributed by atoms with van der Waals surface area (Å²) in [6, 6.07) is 14.1. The molecule has 18 nitrogen and oxygen atoms in total. The van der Waals surface area contributed by atoms with Crippen LogP contribution in [0.15, 0.2) is 106 Å². The van der Waals surface area contributed by atoms with E-state index in [1.165, 1.54) is 14.2 Å². The van der Waals surface area contributed by atoms with Crippen LogP contribution in [0.2, 0.25) is 10.0 Å². The predicted molar refractivity (Wildman–Crippen MR) is 236 cm³/mol. The second-order valence-electron chi connectivity index (χ2n) is 13.1. The Hall–Kier alpha value is -6.02. The molecule has 0 fully saturated rings. The minimum absolute atomic E-state index is 0.109. The van der Waals surface area contributed by atoms with Crippen molar-refractivity contribution < 1.29 is 67.4 Å². The summed E-state index contributed by atoms with van der Waals surface area (Å²) < 4.78 is 31.6. The number of benzene rings is 2. The van der Waals surface area contributed by atoms with Gasteiger partial charge in [-0.25, -0.2) is 28.8 Å². The van der Waals surface area contributed by atoms with Crippen molar-refractivity contribution in [3.8, 4) is 0 Å². The van der Waals surface area contributed by atoms with E-state index in [1.807, 2.05) is 0 Å². The molecule has 64 heavy (non-hydrogen) atoms. The van der Waals surface area contributed by atoms with Gasteiger partial charge in [-0.05, 0) is 51.0 Å². The summed E-state index contributed by atoms with van der Waals surface area (Å²) in [5, 5.41) is 22.7. The van der Waals surface area contributed by atoms with Crippen molar-refractivity contribution in [2.24, 2.45) is 11.5 Å². The number of hydrogen-bond donors (Lipinski definition) is 6. The summed E-state index contributed by atoms with van der Waals surface area (Å²) in [7, 11) is 2.58. The van der Waals surface area contributed by atoms with Gasteiger partial charge in [0.15, 0.2) is 0 Å². The highest BCUT2D eigenvalue weighted by Gasteiger charge is 2.41. The molecule has 0 aromatic heterocycles. The Kier molecular flexibility index (Phi) is 23.6. The van der Waals surface area contributed by atoms with Crippen LogP contribution >= 0.6 is 23.2 Å². The number of dihydropyridines is 2. The Morgan fingerprint density at radius 1 is 0.609 bits per heavy atom. The van der Waals surface area contributed by atoms with Crippen LogP contribution < -0.4 is 22.1 Å². The predicted octanol–water partition coefficient (Wildman–Crippen LogP) is 4.24. The summed E-state index contributed by atoms with van der Waals surface area (Å²) in [4.78, 5) is 70.0. The van der Waals surface area contributed by atoms with Crippen molar-refractivity contribution in [2.75, 3.05) is 67.0 Å². The summed E-state index contributed by atoms with van der Waals surface area (Å²) in [6.07, 6.45) is 1.12. The SMILES string of the molecule is CCOC(=O)C1=C(COCCN)NC(C)=C(C(=O)OC)C1c1ccccc1Cl.CCOC(=O)C1=C(COCCN)NC(C)=C(C(=O)OC)C1c1ccccc1Cl.O=C(O)/C=C/C(=O)O. The molecule has 2 atom stereocenters. The van der Waals surface area contributed by atoms with E-state index in [-0.39, 0.29) is 37.6 Å². The van der Waals surface area contributed by atoms with Gasteiger partial charge in [0.25, 0.3) is 0 Å². The van der Waals surface area contributed by atoms with Crippen molar-refractivity contribution >= 4 is 59.0 Å². The average molecular weight is 934 g/mol. The van der Waals surface area contributed by atoms with Gasteiger partial charge in [-0.15, -0.1) is 0 Å². The van der Waals surface area contributed by atoms with Crippen LogP contribution in [0, 0.1) is 0 Å². The number of aliphatic carboxylic acids is 2. The molecule has 2 aromatic rings. The van der Waals surface area contributed by atoms with Crippen LogP contribution in [0.1, 0.15) is 50.7 Å². The normalized spacial score (nSPS) is 15.8. The van der Waals surface area contributed by atoms with E-state index in [9.17, 15) is 28.8 Å². The Balaban J connectivity index is 0.000000376. The number of carboxylic acid groups (broad SMARTS) is 2. The van der Waals surface area contributed by atoms with Gasteiger partial charge in [-0.2, -0.15) is 0 Å². The summed E-state index contributed by atoms with van der Waals surface area (Å²) >= 11 is 12.8. The van der Waals surface area contributed by atoms with E-state index >= 15 is 0 Å². The first-order valence-electron chi connectivity index (χ1n) is 19.7. The van der Waals surface area contributed by atoms with Crippen LogP contribution in [0.3, 0.4) is 0 Å². The molecule has 2 unspecified atom stereocenters. The molecule has 348 valence electrons. The zero-order chi connectivity index (χ0) is 47.9. The van der Waals surface area contributed by atoms with Gasteiger partial charge in [0.2, 0.25) is 0 Å². The zero-order valence-electron chi connectivity index (χ0n) is 36.3. The van der Waals surface area contributed by atoms with Gasteiger partial charge in [0.1, 0.15) is 0 Å². The largest absolute Gasteiger partial charge is 0.478 e. The van der Waals surface area contributed by atoms with Crippen molar-refractivity contribution in [1.29, 1.82) is 0 Å². The van der Waals surface area contributed by atoms with Crippen LogP contribution in [0.25, 0.3) is 0 Å². The van der Waals surface area contributed by atoms with Crippen molar-refractivity contribution in [3.05, 3.63) is 127 Å². The molecule has 2 heterocycles. The van der Waals surface area contributed by atoms with Crippen LogP contribution in [0.5, 0.6) is 0 Å². The third-order valence-corrected chi connectivity index (χ3v) is 9.60. The summed E-state index contributed by atoms with van der Waals surface area (Å²) in [5.41, 5.74) is 15.4. The summed E-state index contributed by atoms with van der Waals surface area (Å²) in [5.74, 6) is -6.24. The van der Waals surface area contributed by atoms with Gasteiger partial charge in [-0.3, -0.25) is 0 Å². The fraction of sp³-hybridized carbons (Fsp3) is 0.364. The third-order valence-electron chi connectivity index (χ3n) is 8.91. The first kappa shape index (κ1) is 54.1. The zero-order valence-corrected chi connectivity index (χ0v) is 37.8. The molecule has 0 amide bonds. The number of halogens is 2. The molecule has 0 aliphatic carbocycles. The minimum atomic E-state index is -1.26. The first-order chi connectivity index (χ1) is 30.5. The fourth-order valence-electron chi connectivity index (χ4n) is 6.38. The van der Waals surface area contributed by atoms with E-state index in [0.717, 1.165) is 0 Å². The molecule has 0 radical (unpaired) electrons. The molecule has 20 heteroatoms. The highest BCUT2D eigenvalue weighted by atomic mass is 35.5. The van der Waals surface area contributed by atoms with E-state index in [0.29, 0.717) is 93.6 Å². The number of carbonyl (C=O) groups excluding carboxylic acids is 4. The number of nitrogens with one attached hydrogen (secondary N) is 2. The van der Waals surface area contributed by atoms with Gasteiger partial charge in [-0.1, -0.05) is 59.6 Å². The molecule has 0 bridgehead atoms. The van der Waals surface area contributed by atoms with Crippen LogP contribution in [0.4, 0.5) is 0 Å².